The summed E-state index contributed by atoms with van der Waals surface area (Å²) < 4.78 is 23.2. The number of rotatable bonds is 10. The van der Waals surface area contributed by atoms with Crippen molar-refractivity contribution in [1.29, 1.82) is 0 Å². The Kier molecular flexibility index (Phi) is 7.24. The Hall–Kier alpha value is -2.62. The Morgan fingerprint density at radius 3 is 2.39 bits per heavy atom. The van der Waals surface area contributed by atoms with Crippen LogP contribution < -0.4 is 18.9 Å². The minimum Gasteiger partial charge on any atom is -0.497 e. The lowest BCUT2D eigenvalue weighted by Crippen LogP contribution is -2.09. The van der Waals surface area contributed by atoms with Gasteiger partial charge in [0.1, 0.15) is 29.6 Å². The Labute approximate surface area is 168 Å². The molecule has 1 aliphatic rings. The van der Waals surface area contributed by atoms with Crippen molar-refractivity contribution >= 4 is 11.6 Å². The van der Waals surface area contributed by atoms with Crippen molar-refractivity contribution in [2.45, 2.75) is 39.5 Å². The van der Waals surface area contributed by atoms with Crippen molar-refractivity contribution in [3.8, 4) is 23.0 Å². The minimum atomic E-state index is 0.502. The van der Waals surface area contributed by atoms with Gasteiger partial charge in [0.15, 0.2) is 0 Å². The van der Waals surface area contributed by atoms with Gasteiger partial charge in [0.25, 0.3) is 0 Å². The van der Waals surface area contributed by atoms with Crippen LogP contribution in [0, 0.1) is 0 Å². The molecule has 0 N–H and O–H groups in total. The number of ether oxygens (including phenoxy) is 4. The summed E-state index contributed by atoms with van der Waals surface area (Å²) in [5, 5.41) is 0. The number of fused-ring (bicyclic) bond motifs is 1. The van der Waals surface area contributed by atoms with Crippen LogP contribution in [0.15, 0.2) is 36.4 Å². The van der Waals surface area contributed by atoms with E-state index in [0.717, 1.165) is 72.0 Å². The molecule has 1 aliphatic heterocycles. The van der Waals surface area contributed by atoms with Gasteiger partial charge in [0.05, 0.1) is 20.3 Å². The lowest BCUT2D eigenvalue weighted by Gasteiger charge is -2.21. The Morgan fingerprint density at radius 2 is 1.64 bits per heavy atom. The van der Waals surface area contributed by atoms with Crippen LogP contribution in [0.1, 0.15) is 50.7 Å². The summed E-state index contributed by atoms with van der Waals surface area (Å²) in [6.07, 6.45) is 6.47. The molecule has 0 saturated heterocycles. The third kappa shape index (κ3) is 5.00. The molecule has 4 heteroatoms. The van der Waals surface area contributed by atoms with E-state index < -0.39 is 0 Å². The van der Waals surface area contributed by atoms with Gasteiger partial charge in [0.2, 0.25) is 0 Å². The summed E-state index contributed by atoms with van der Waals surface area (Å²) in [5.74, 6) is 3.35. The van der Waals surface area contributed by atoms with Gasteiger partial charge in [-0.25, -0.2) is 0 Å². The van der Waals surface area contributed by atoms with Gasteiger partial charge in [0, 0.05) is 28.8 Å². The minimum absolute atomic E-state index is 0.502. The molecule has 0 amide bonds. The highest BCUT2D eigenvalue weighted by molar-refractivity contribution is 5.88. The fourth-order valence-electron chi connectivity index (χ4n) is 3.06. The summed E-state index contributed by atoms with van der Waals surface area (Å²) >= 11 is 0. The van der Waals surface area contributed by atoms with Crippen LogP contribution in [0.5, 0.6) is 23.0 Å². The van der Waals surface area contributed by atoms with E-state index in [4.69, 9.17) is 18.9 Å². The topological polar surface area (TPSA) is 36.9 Å². The maximum absolute atomic E-state index is 6.04. The second-order valence-corrected chi connectivity index (χ2v) is 6.92. The molecule has 0 unspecified atom stereocenters. The van der Waals surface area contributed by atoms with Crippen molar-refractivity contribution in [3.63, 3.8) is 0 Å². The summed E-state index contributed by atoms with van der Waals surface area (Å²) in [7, 11) is 1.67. The van der Waals surface area contributed by atoms with Crippen molar-refractivity contribution < 1.29 is 18.9 Å². The highest BCUT2D eigenvalue weighted by atomic mass is 16.5. The van der Waals surface area contributed by atoms with Crippen LogP contribution in [0.25, 0.3) is 11.6 Å². The first kappa shape index (κ1) is 20.1. The lowest BCUT2D eigenvalue weighted by molar-refractivity contribution is 0.302. The van der Waals surface area contributed by atoms with Crippen LogP contribution >= 0.6 is 0 Å². The van der Waals surface area contributed by atoms with E-state index in [9.17, 15) is 0 Å². The number of benzene rings is 2. The zero-order chi connectivity index (χ0) is 19.8. The van der Waals surface area contributed by atoms with Crippen LogP contribution in [0.4, 0.5) is 0 Å². The van der Waals surface area contributed by atoms with Crippen LogP contribution in [-0.4, -0.2) is 26.9 Å². The van der Waals surface area contributed by atoms with E-state index in [-0.39, 0.29) is 0 Å². The predicted octanol–water partition coefficient (Wildman–Crippen LogP) is 5.99. The molecule has 28 heavy (non-hydrogen) atoms. The van der Waals surface area contributed by atoms with Crippen LogP contribution in [0.3, 0.4) is 0 Å². The molecule has 0 spiro atoms. The van der Waals surface area contributed by atoms with Gasteiger partial charge in [-0.3, -0.25) is 0 Å². The summed E-state index contributed by atoms with van der Waals surface area (Å²) in [4.78, 5) is 0. The van der Waals surface area contributed by atoms with Gasteiger partial charge in [-0.05, 0) is 43.2 Å². The molecule has 3 rings (SSSR count). The fourth-order valence-corrected chi connectivity index (χ4v) is 3.06. The normalized spacial score (nSPS) is 12.6. The van der Waals surface area contributed by atoms with Crippen molar-refractivity contribution in [2.24, 2.45) is 0 Å². The zero-order valence-electron chi connectivity index (χ0n) is 17.1. The number of hydrogen-bond donors (Lipinski definition) is 0. The third-order valence-electron chi connectivity index (χ3n) is 4.75. The molecular formula is C24H30O4. The zero-order valence-corrected chi connectivity index (χ0v) is 17.1. The summed E-state index contributed by atoms with van der Waals surface area (Å²) in [6.45, 7) is 6.25. The van der Waals surface area contributed by atoms with Crippen molar-refractivity contribution in [2.75, 3.05) is 26.9 Å². The standard InChI is InChI=1S/C24H30O4/c1-4-6-12-26-21-9-8-18-14-19(17-28-23(18)16-21)22-11-10-20(25-3)15-24(22)27-13-7-5-2/h8-11,14-16H,4-7,12-13,17H2,1-3H3. The van der Waals surface area contributed by atoms with E-state index in [2.05, 4.69) is 26.0 Å². The summed E-state index contributed by atoms with van der Waals surface area (Å²) in [6, 6.07) is 12.0. The maximum Gasteiger partial charge on any atom is 0.130 e. The molecular weight excluding hydrogens is 352 g/mol. The molecule has 0 saturated carbocycles. The second kappa shape index (κ2) is 10.1. The molecule has 4 nitrogen and oxygen atoms in total. The smallest absolute Gasteiger partial charge is 0.130 e. The molecule has 0 atom stereocenters. The third-order valence-corrected chi connectivity index (χ3v) is 4.75. The van der Waals surface area contributed by atoms with E-state index >= 15 is 0 Å². The fraction of sp³-hybridized carbons (Fsp3) is 0.417. The van der Waals surface area contributed by atoms with Gasteiger partial charge >= 0.3 is 0 Å². The highest BCUT2D eigenvalue weighted by Gasteiger charge is 2.17. The molecule has 0 fully saturated rings. The van der Waals surface area contributed by atoms with Gasteiger partial charge < -0.3 is 18.9 Å². The van der Waals surface area contributed by atoms with Crippen molar-refractivity contribution in [3.05, 3.63) is 47.5 Å². The van der Waals surface area contributed by atoms with Crippen LogP contribution in [-0.2, 0) is 0 Å². The molecule has 1 heterocycles. The predicted molar refractivity (Wildman–Crippen MR) is 114 cm³/mol. The van der Waals surface area contributed by atoms with E-state index in [1.165, 1.54) is 0 Å². The number of unbranched alkanes of at least 4 members (excludes halogenated alkanes) is 2. The highest BCUT2D eigenvalue weighted by Crippen LogP contribution is 2.37. The Bertz CT molecular complexity index is 810. The largest absolute Gasteiger partial charge is 0.497 e. The molecule has 150 valence electrons. The molecule has 0 aromatic heterocycles. The van der Waals surface area contributed by atoms with E-state index in [0.29, 0.717) is 13.2 Å². The molecule has 2 aromatic rings. The molecule has 0 radical (unpaired) electrons. The Morgan fingerprint density at radius 1 is 0.893 bits per heavy atom. The van der Waals surface area contributed by atoms with E-state index in [1.54, 1.807) is 7.11 Å². The second-order valence-electron chi connectivity index (χ2n) is 6.92. The first-order valence-corrected chi connectivity index (χ1v) is 10.2. The van der Waals surface area contributed by atoms with Gasteiger partial charge in [-0.2, -0.15) is 0 Å². The first-order valence-electron chi connectivity index (χ1n) is 10.2. The quantitative estimate of drug-likeness (QED) is 0.473. The SMILES string of the molecule is CCCCOc1ccc2c(c1)OCC(c1ccc(OC)cc1OCCCC)=C2. The monoisotopic (exact) mass is 382 g/mol. The maximum atomic E-state index is 6.04. The average Bonchev–Trinajstić information content (AvgIpc) is 2.73. The summed E-state index contributed by atoms with van der Waals surface area (Å²) in [5.41, 5.74) is 3.20. The van der Waals surface area contributed by atoms with E-state index in [1.807, 2.05) is 30.3 Å². The Balaban J connectivity index is 1.82. The van der Waals surface area contributed by atoms with Gasteiger partial charge in [-0.15, -0.1) is 0 Å². The van der Waals surface area contributed by atoms with Crippen LogP contribution in [0.2, 0.25) is 0 Å². The molecule has 2 aromatic carbocycles. The molecule has 0 bridgehead atoms. The molecule has 0 aliphatic carbocycles. The number of hydrogen-bond acceptors (Lipinski definition) is 4. The average molecular weight is 383 g/mol. The van der Waals surface area contributed by atoms with Gasteiger partial charge in [-0.1, -0.05) is 26.7 Å². The first-order chi connectivity index (χ1) is 13.7. The number of methoxy groups -OCH3 is 1. The van der Waals surface area contributed by atoms with Crippen molar-refractivity contribution in [1.82, 2.24) is 0 Å². The lowest BCUT2D eigenvalue weighted by atomic mass is 9.99.